The molecule has 2 heterocycles. The maximum Gasteiger partial charge on any atom is 0.316 e. The first-order valence-corrected chi connectivity index (χ1v) is 22.9. The molecule has 2 aliphatic heterocycles. The van der Waals surface area contributed by atoms with E-state index in [-0.39, 0.29) is 12.2 Å². The van der Waals surface area contributed by atoms with Gasteiger partial charge in [-0.05, 0) is 12.8 Å². The third kappa shape index (κ3) is 20.2. The van der Waals surface area contributed by atoms with Crippen LogP contribution in [0.2, 0.25) is 0 Å². The van der Waals surface area contributed by atoms with Gasteiger partial charge in [0.15, 0.2) is 12.6 Å². The molecule has 0 spiro atoms. The van der Waals surface area contributed by atoms with Gasteiger partial charge >= 0.3 is 5.97 Å². The van der Waals surface area contributed by atoms with Crippen molar-refractivity contribution in [3.8, 4) is 0 Å². The fourth-order valence-corrected chi connectivity index (χ4v) is 7.83. The lowest BCUT2D eigenvalue weighted by molar-refractivity contribution is -0.376. The van der Waals surface area contributed by atoms with Crippen LogP contribution in [0.1, 0.15) is 187 Å². The quantitative estimate of drug-likeness (QED) is 0.0229. The number of Topliss-reactive ketones (excluding diaryl/α,β-unsaturated/α-hetero) is 1. The van der Waals surface area contributed by atoms with E-state index >= 15 is 0 Å². The molecule has 13 nitrogen and oxygen atoms in total. The predicted octanol–water partition coefficient (Wildman–Crippen LogP) is 5.91. The molecule has 2 aliphatic rings. The van der Waals surface area contributed by atoms with Crippen molar-refractivity contribution in [3.63, 3.8) is 0 Å². The van der Waals surface area contributed by atoms with Crippen LogP contribution in [0.25, 0.3) is 0 Å². The minimum absolute atomic E-state index is 0.171. The zero-order valence-corrected chi connectivity index (χ0v) is 35.4. The summed E-state index contributed by atoms with van der Waals surface area (Å²) in [6.07, 6.45) is 13.3. The average Bonchev–Trinajstić information content (AvgIpc) is 3.20. The summed E-state index contributed by atoms with van der Waals surface area (Å²) in [5, 5.41) is 71.9. The van der Waals surface area contributed by atoms with Gasteiger partial charge in [0.2, 0.25) is 0 Å². The molecule has 0 aromatic carbocycles. The first-order chi connectivity index (χ1) is 27.6. The Kier molecular flexibility index (Phi) is 28.8. The number of aliphatic hydroxyl groups excluding tert-OH is 7. The van der Waals surface area contributed by atoms with E-state index in [1.54, 1.807) is 0 Å². The third-order valence-corrected chi connectivity index (χ3v) is 11.7. The highest BCUT2D eigenvalue weighted by atomic mass is 16.8. The van der Waals surface area contributed by atoms with E-state index in [4.69, 9.17) is 18.9 Å². The van der Waals surface area contributed by atoms with Crippen LogP contribution >= 0.6 is 0 Å². The molecule has 0 aromatic heterocycles. The standard InChI is InChI=1S/C44H82O13/c1-3-5-7-9-11-13-15-17-19-21-23-25-27-29-33(46)32(28-26-24-22-20-18-16-14-12-10-8-6-4-2)42(53)54-31-35-37(48)39(50)41(52)44(56-35)57-43-40(51)38(49)36(47)34(30-45)55-43/h32,34-41,43-45,47-52H,3-31H2,1-2H3. The van der Waals surface area contributed by atoms with Crippen LogP contribution in [0.3, 0.4) is 0 Å². The summed E-state index contributed by atoms with van der Waals surface area (Å²) in [7, 11) is 0. The molecule has 11 unspecified atom stereocenters. The highest BCUT2D eigenvalue weighted by molar-refractivity contribution is 5.98. The second kappa shape index (κ2) is 31.6. The highest BCUT2D eigenvalue weighted by Crippen LogP contribution is 2.29. The number of hydrogen-bond donors (Lipinski definition) is 7. The van der Waals surface area contributed by atoms with E-state index in [2.05, 4.69) is 13.8 Å². The zero-order valence-electron chi connectivity index (χ0n) is 35.4. The van der Waals surface area contributed by atoms with Crippen molar-refractivity contribution in [2.45, 2.75) is 249 Å². The van der Waals surface area contributed by atoms with E-state index in [1.807, 2.05) is 0 Å². The Morgan fingerprint density at radius 2 is 0.860 bits per heavy atom. The maximum atomic E-state index is 13.5. The van der Waals surface area contributed by atoms with Gasteiger partial charge in [0.25, 0.3) is 0 Å². The number of carbonyl (C=O) groups is 2. The Morgan fingerprint density at radius 1 is 0.491 bits per heavy atom. The Labute approximate surface area is 343 Å². The fraction of sp³-hybridized carbons (Fsp3) is 0.955. The average molecular weight is 819 g/mol. The van der Waals surface area contributed by atoms with Crippen molar-refractivity contribution in [2.75, 3.05) is 13.2 Å². The smallest absolute Gasteiger partial charge is 0.316 e. The van der Waals surface area contributed by atoms with Gasteiger partial charge in [0.1, 0.15) is 67.1 Å². The minimum atomic E-state index is -1.83. The van der Waals surface area contributed by atoms with Crippen LogP contribution in [0.4, 0.5) is 0 Å². The molecule has 336 valence electrons. The molecule has 57 heavy (non-hydrogen) atoms. The lowest BCUT2D eigenvalue weighted by atomic mass is 9.92. The molecule has 0 saturated carbocycles. The van der Waals surface area contributed by atoms with E-state index in [1.165, 1.54) is 109 Å². The molecular formula is C44H82O13. The Hall–Kier alpha value is -1.26. The van der Waals surface area contributed by atoms with Gasteiger partial charge in [-0.2, -0.15) is 0 Å². The van der Waals surface area contributed by atoms with Crippen LogP contribution < -0.4 is 0 Å². The number of aliphatic hydroxyl groups is 7. The van der Waals surface area contributed by atoms with Crippen molar-refractivity contribution in [2.24, 2.45) is 5.92 Å². The maximum absolute atomic E-state index is 13.5. The molecule has 0 bridgehead atoms. The summed E-state index contributed by atoms with van der Waals surface area (Å²) in [5.74, 6) is -1.88. The van der Waals surface area contributed by atoms with Crippen molar-refractivity contribution in [3.05, 3.63) is 0 Å². The molecule has 7 N–H and O–H groups in total. The first-order valence-electron chi connectivity index (χ1n) is 22.9. The minimum Gasteiger partial charge on any atom is -0.462 e. The number of hydrogen-bond acceptors (Lipinski definition) is 13. The topological polar surface area (TPSA) is 213 Å². The second-order valence-electron chi connectivity index (χ2n) is 16.7. The molecule has 0 radical (unpaired) electrons. The number of esters is 1. The Bertz CT molecular complexity index is 1010. The lowest BCUT2D eigenvalue weighted by Gasteiger charge is -2.44. The molecule has 2 rings (SSSR count). The van der Waals surface area contributed by atoms with Gasteiger partial charge in [-0.1, -0.05) is 168 Å². The van der Waals surface area contributed by atoms with Gasteiger partial charge in [0, 0.05) is 6.42 Å². The van der Waals surface area contributed by atoms with E-state index in [0.29, 0.717) is 19.3 Å². The van der Waals surface area contributed by atoms with Crippen LogP contribution in [0.5, 0.6) is 0 Å². The van der Waals surface area contributed by atoms with Crippen LogP contribution in [-0.2, 0) is 28.5 Å². The molecule has 2 fully saturated rings. The number of ketones is 1. The van der Waals surface area contributed by atoms with Gasteiger partial charge in [-0.3, -0.25) is 9.59 Å². The summed E-state index contributed by atoms with van der Waals surface area (Å²) >= 11 is 0. The Morgan fingerprint density at radius 3 is 1.28 bits per heavy atom. The molecule has 11 atom stereocenters. The van der Waals surface area contributed by atoms with E-state index < -0.39 is 86.5 Å². The summed E-state index contributed by atoms with van der Waals surface area (Å²) in [6, 6.07) is 0. The summed E-state index contributed by atoms with van der Waals surface area (Å²) < 4.78 is 22.0. The normalized spacial score (nSPS) is 28.4. The third-order valence-electron chi connectivity index (χ3n) is 11.7. The first kappa shape index (κ1) is 51.9. The predicted molar refractivity (Wildman–Crippen MR) is 217 cm³/mol. The molecule has 13 heteroatoms. The molecule has 0 aliphatic carbocycles. The largest absolute Gasteiger partial charge is 0.462 e. The van der Waals surface area contributed by atoms with E-state index in [9.17, 15) is 45.3 Å². The van der Waals surface area contributed by atoms with Crippen molar-refractivity contribution in [1.29, 1.82) is 0 Å². The number of unbranched alkanes of at least 4 members (excludes halogenated alkanes) is 23. The monoisotopic (exact) mass is 819 g/mol. The van der Waals surface area contributed by atoms with Gasteiger partial charge in [-0.25, -0.2) is 0 Å². The molecule has 2 saturated heterocycles. The molecule has 0 amide bonds. The number of rotatable bonds is 34. The lowest BCUT2D eigenvalue weighted by Crippen LogP contribution is -2.63. The molecule has 0 aromatic rings. The van der Waals surface area contributed by atoms with Crippen LogP contribution in [0, 0.1) is 5.92 Å². The Balaban J connectivity index is 1.87. The molecular weight excluding hydrogens is 736 g/mol. The van der Waals surface area contributed by atoms with Crippen LogP contribution in [-0.4, -0.2) is 122 Å². The summed E-state index contributed by atoms with van der Waals surface area (Å²) in [6.45, 7) is 3.19. The number of carbonyl (C=O) groups excluding carboxylic acids is 2. The summed E-state index contributed by atoms with van der Waals surface area (Å²) in [4.78, 5) is 26.9. The highest BCUT2D eigenvalue weighted by Gasteiger charge is 2.50. The van der Waals surface area contributed by atoms with E-state index in [0.717, 1.165) is 38.5 Å². The van der Waals surface area contributed by atoms with Gasteiger partial charge in [-0.15, -0.1) is 0 Å². The van der Waals surface area contributed by atoms with Crippen molar-refractivity contribution in [1.82, 2.24) is 0 Å². The van der Waals surface area contributed by atoms with Gasteiger partial charge in [0.05, 0.1) is 6.61 Å². The van der Waals surface area contributed by atoms with Crippen molar-refractivity contribution >= 4 is 11.8 Å². The fourth-order valence-electron chi connectivity index (χ4n) is 7.83. The summed E-state index contributed by atoms with van der Waals surface area (Å²) in [5.41, 5.74) is 0. The second-order valence-corrected chi connectivity index (χ2v) is 16.7. The van der Waals surface area contributed by atoms with Crippen LogP contribution in [0.15, 0.2) is 0 Å². The van der Waals surface area contributed by atoms with Crippen molar-refractivity contribution < 1.29 is 64.3 Å². The zero-order chi connectivity index (χ0) is 41.8. The number of ether oxygens (including phenoxy) is 4. The SMILES string of the molecule is CCCCCCCCCCCCCCCC(=O)C(CCCCCCCCCCCCCC)C(=O)OCC1OC(OC2OC(CO)C(O)C(O)C2O)C(O)C(O)C1O. The van der Waals surface area contributed by atoms with Gasteiger partial charge < -0.3 is 54.7 Å².